The average molecular weight is 1030 g/mol. The maximum atomic E-state index is 10.2. The van der Waals surface area contributed by atoms with Crippen LogP contribution >= 0.6 is 23.2 Å². The van der Waals surface area contributed by atoms with E-state index in [-0.39, 0.29) is 71.7 Å². The monoisotopic (exact) mass is 1030 g/mol. The minimum absolute atomic E-state index is 0. The third-order valence-corrected chi connectivity index (χ3v) is 7.54. The van der Waals surface area contributed by atoms with E-state index >= 15 is 0 Å². The van der Waals surface area contributed by atoms with Crippen LogP contribution in [-0.2, 0) is 50.6 Å². The minimum atomic E-state index is -4.94. The number of hydrogen-bond donors (Lipinski definition) is 0. The molecule has 0 saturated heterocycles. The second kappa shape index (κ2) is 30.3. The predicted octanol–water partition coefficient (Wildman–Crippen LogP) is -4.51. The SMILES string of the molecule is O=C([O-])c1ccccc1Cl.O=C([O-])c1ccccc1Cl.[Mn+3].[Mn+3].[O-2].[O-][Cl+3]([O-])([O-])[O-].[O-][Cl+3]([O-])([O-])[O-].[OH3+].[OH3+].c1cnc2c(c1)ccc1cccnc12.c1cnc2c(c1)ccc1cccnc12. The van der Waals surface area contributed by atoms with E-state index in [1.807, 2.05) is 24.3 Å². The number of rotatable bonds is 2. The van der Waals surface area contributed by atoms with Crippen molar-refractivity contribution >= 4 is 78.8 Å². The normalized spacial score (nSPS) is 9.68. The van der Waals surface area contributed by atoms with Crippen molar-refractivity contribution in [1.29, 1.82) is 0 Å². The topological polar surface area (TPSA) is 411 Å². The predicted molar refractivity (Wildman–Crippen MR) is 196 cm³/mol. The van der Waals surface area contributed by atoms with Crippen LogP contribution in [0, 0.1) is 20.5 Å². The minimum Gasteiger partial charge on any atom is -2.00 e. The number of carboxylic acids is 2. The van der Waals surface area contributed by atoms with E-state index in [4.69, 9.17) is 60.5 Å². The molecule has 0 fully saturated rings. The summed E-state index contributed by atoms with van der Waals surface area (Å²) < 4.78 is 67.9. The summed E-state index contributed by atoms with van der Waals surface area (Å²) >= 11 is 11.0. The van der Waals surface area contributed by atoms with Gasteiger partial charge < -0.3 is 36.2 Å². The summed E-state index contributed by atoms with van der Waals surface area (Å²) in [5, 5.41) is 25.4. The van der Waals surface area contributed by atoms with Crippen molar-refractivity contribution in [2.45, 2.75) is 0 Å². The fourth-order valence-electron chi connectivity index (χ4n) is 4.61. The molecule has 0 saturated carbocycles. The van der Waals surface area contributed by atoms with E-state index in [1.54, 1.807) is 49.1 Å². The van der Waals surface area contributed by atoms with Crippen molar-refractivity contribution in [1.82, 2.24) is 19.9 Å². The Kier molecular flexibility index (Phi) is 30.1. The van der Waals surface area contributed by atoms with Gasteiger partial charge in [0.25, 0.3) is 0 Å². The number of carbonyl (C=O) groups is 2. The summed E-state index contributed by atoms with van der Waals surface area (Å²) in [5.41, 5.74) is 3.97. The first-order chi connectivity index (χ1) is 27.3. The summed E-state index contributed by atoms with van der Waals surface area (Å²) in [6.07, 6.45) is 7.21. The van der Waals surface area contributed by atoms with Crippen LogP contribution in [0.15, 0.2) is 146 Å². The Hall–Kier alpha value is -4.78. The van der Waals surface area contributed by atoms with E-state index in [2.05, 4.69) is 68.5 Å². The molecule has 0 aliphatic carbocycles. The van der Waals surface area contributed by atoms with Gasteiger partial charge in [-0.05, 0) is 36.4 Å². The number of carbonyl (C=O) groups excluding carboxylic acids is 2. The maximum Gasteiger partial charge on any atom is 3.00 e. The number of carboxylic acid groups (broad SMARTS) is 2. The van der Waals surface area contributed by atoms with E-state index < -0.39 is 32.4 Å². The molecule has 19 nitrogen and oxygen atoms in total. The number of nitrogens with zero attached hydrogens (tertiary/aromatic N) is 4. The van der Waals surface area contributed by atoms with Crippen LogP contribution in [0.2, 0.25) is 10.0 Å². The zero-order valence-corrected chi connectivity index (χ0v) is 36.8. The Morgan fingerprint density at radius 1 is 0.397 bits per heavy atom. The summed E-state index contributed by atoms with van der Waals surface area (Å²) in [5.74, 6) is -2.49. The van der Waals surface area contributed by atoms with Gasteiger partial charge >= 0.3 is 34.1 Å². The zero-order chi connectivity index (χ0) is 42.9. The smallest absolute Gasteiger partial charge is 2.00 e. The first-order valence-electron chi connectivity index (χ1n) is 15.7. The molecule has 4 aromatic heterocycles. The Bertz CT molecular complexity index is 2310. The molecule has 0 aliphatic heterocycles. The van der Waals surface area contributed by atoms with Crippen molar-refractivity contribution in [2.24, 2.45) is 0 Å². The van der Waals surface area contributed by atoms with Gasteiger partial charge in [0.15, 0.2) is 0 Å². The second-order valence-electron chi connectivity index (χ2n) is 10.7. The third kappa shape index (κ3) is 22.9. The molecule has 8 rings (SSSR count). The van der Waals surface area contributed by atoms with Crippen molar-refractivity contribution < 1.29 is 128 Å². The molecule has 0 bridgehead atoms. The number of fused-ring (bicyclic) bond motifs is 6. The van der Waals surface area contributed by atoms with Crippen LogP contribution < -0.4 is 47.5 Å². The quantitative estimate of drug-likeness (QED) is 0.0894. The fraction of sp³-hybridized carbons (Fsp3) is 0. The van der Waals surface area contributed by atoms with Crippen LogP contribution in [0.1, 0.15) is 20.7 Å². The fourth-order valence-corrected chi connectivity index (χ4v) is 5.04. The van der Waals surface area contributed by atoms with E-state index in [9.17, 15) is 19.8 Å². The van der Waals surface area contributed by atoms with Gasteiger partial charge in [-0.1, -0.05) is 108 Å². The molecule has 4 heterocycles. The molecular weight excluding hydrogens is 1000 g/mol. The largest absolute Gasteiger partial charge is 3.00 e. The number of aromatic carboxylic acids is 2. The van der Waals surface area contributed by atoms with Crippen LogP contribution in [0.3, 0.4) is 0 Å². The van der Waals surface area contributed by atoms with Gasteiger partial charge in [0.1, 0.15) is 0 Å². The van der Waals surface area contributed by atoms with Crippen molar-refractivity contribution in [3.05, 3.63) is 167 Å². The number of halogens is 4. The molecule has 0 radical (unpaired) electrons. The van der Waals surface area contributed by atoms with Crippen molar-refractivity contribution in [3.8, 4) is 0 Å². The molecule has 4 aromatic carbocycles. The summed E-state index contributed by atoms with van der Waals surface area (Å²) in [4.78, 5) is 37.8. The Balaban J connectivity index is -0.000000701. The van der Waals surface area contributed by atoms with E-state index in [0.717, 1.165) is 43.6 Å². The summed E-state index contributed by atoms with van der Waals surface area (Å²) in [6, 6.07) is 36.6. The molecule has 332 valence electrons. The molecule has 0 spiro atoms. The standard InChI is InChI=1S/2C12H8N2.2C7H5ClO2.2ClHO4.2Mn.2H2O.O/c2*1-3-9-5-6-10-4-2-8-14-12(10)11(9)13-7-1;2*8-6-4-2-1-3-5(6)7(9)10;2*2-1(3,4)5;;;;;/h2*1-8H;2*1-4H,(H,9,10);2*(H,2,3,4,5);;;2*1H2;/q;;;;;;2*+3;;;-2/p-2. The van der Waals surface area contributed by atoms with Crippen LogP contribution in [-0.4, -0.2) is 31.9 Å². The zero-order valence-electron chi connectivity index (χ0n) is 31.4. The Morgan fingerprint density at radius 3 is 0.778 bits per heavy atom. The van der Waals surface area contributed by atoms with Crippen LogP contribution in [0.5, 0.6) is 0 Å². The number of aromatic nitrogens is 4. The molecule has 0 amide bonds. The Labute approximate surface area is 391 Å². The van der Waals surface area contributed by atoms with Gasteiger partial charge in [-0.25, -0.2) is 37.3 Å². The van der Waals surface area contributed by atoms with Gasteiger partial charge in [0, 0.05) is 67.5 Å². The average Bonchev–Trinajstić information content (AvgIpc) is 3.17. The van der Waals surface area contributed by atoms with E-state index in [0.29, 0.717) is 0 Å². The molecular formula is C38H30Cl4Mn2N4O15+2. The van der Waals surface area contributed by atoms with Crippen molar-refractivity contribution in [2.75, 3.05) is 0 Å². The van der Waals surface area contributed by atoms with Gasteiger partial charge in [-0.2, -0.15) is 0 Å². The maximum absolute atomic E-state index is 10.2. The summed E-state index contributed by atoms with van der Waals surface area (Å²) in [6.45, 7) is 0. The van der Waals surface area contributed by atoms with Gasteiger partial charge in [-0.15, -0.1) is 20.5 Å². The number of pyridine rings is 4. The Morgan fingerprint density at radius 2 is 0.603 bits per heavy atom. The van der Waals surface area contributed by atoms with Gasteiger partial charge in [0.2, 0.25) is 0 Å². The first kappa shape index (κ1) is 62.5. The number of benzene rings is 4. The number of hydrogen-bond acceptors (Lipinski definition) is 16. The van der Waals surface area contributed by atoms with E-state index in [1.165, 1.54) is 24.3 Å². The van der Waals surface area contributed by atoms with Crippen molar-refractivity contribution in [3.63, 3.8) is 0 Å². The third-order valence-electron chi connectivity index (χ3n) is 6.88. The van der Waals surface area contributed by atoms with Gasteiger partial charge in [-0.3, -0.25) is 19.9 Å². The molecule has 25 heteroatoms. The molecule has 63 heavy (non-hydrogen) atoms. The molecule has 0 atom stereocenters. The summed E-state index contributed by atoms with van der Waals surface area (Å²) in [7, 11) is -9.89. The molecule has 6 N–H and O–H groups in total. The van der Waals surface area contributed by atoms with Crippen LogP contribution in [0.25, 0.3) is 43.6 Å². The van der Waals surface area contributed by atoms with Gasteiger partial charge in [0.05, 0.1) is 34.0 Å². The molecule has 8 aromatic rings. The molecule has 0 unspecified atom stereocenters. The van der Waals surface area contributed by atoms with Crippen LogP contribution in [0.4, 0.5) is 0 Å². The second-order valence-corrected chi connectivity index (χ2v) is 13.0. The first-order valence-corrected chi connectivity index (χ1v) is 18.9. The molecule has 0 aliphatic rings.